The largest absolute Gasteiger partial charge is 0.458 e. The van der Waals surface area contributed by atoms with Gasteiger partial charge >= 0.3 is 5.97 Å². The molecule has 2 saturated carbocycles. The smallest absolute Gasteiger partial charge is 0.310 e. The van der Waals surface area contributed by atoms with Crippen LogP contribution in [0.25, 0.3) is 0 Å². The minimum atomic E-state index is -1.78. The number of Topliss-reactive ketones (excluding diaryl/α,β-unsaturated/α-hetero) is 1. The molecule has 4 aliphatic rings. The van der Waals surface area contributed by atoms with Gasteiger partial charge in [0.2, 0.25) is 0 Å². The molecule has 6 nitrogen and oxygen atoms in total. The Bertz CT molecular complexity index is 1100. The molecule has 0 radical (unpaired) electrons. The number of aliphatic hydroxyl groups excluding tert-OH is 1. The van der Waals surface area contributed by atoms with E-state index in [1.54, 1.807) is 13.0 Å². The van der Waals surface area contributed by atoms with Crippen molar-refractivity contribution in [1.29, 1.82) is 0 Å². The third-order valence-corrected chi connectivity index (χ3v) is 9.36. The predicted molar refractivity (Wildman–Crippen MR) is 125 cm³/mol. The average molecular weight is 467 g/mol. The van der Waals surface area contributed by atoms with E-state index in [2.05, 4.69) is 13.8 Å². The molecule has 0 aliphatic heterocycles. The second-order valence-corrected chi connectivity index (χ2v) is 11.5. The number of carbonyl (C=O) groups is 2. The van der Waals surface area contributed by atoms with Crippen molar-refractivity contribution in [3.63, 3.8) is 0 Å². The summed E-state index contributed by atoms with van der Waals surface area (Å²) in [7, 11) is 0. The first kappa shape index (κ1) is 23.5. The number of esters is 1. The first-order valence-corrected chi connectivity index (χ1v) is 12.2. The van der Waals surface area contributed by atoms with Gasteiger partial charge in [0.05, 0.1) is 18.6 Å². The van der Waals surface area contributed by atoms with E-state index in [1.165, 1.54) is 0 Å². The summed E-state index contributed by atoms with van der Waals surface area (Å²) in [4.78, 5) is 26.0. The topological polar surface area (TPSA) is 104 Å². The molecule has 0 unspecified atom stereocenters. The van der Waals surface area contributed by atoms with Crippen LogP contribution < -0.4 is 0 Å². The normalized spacial score (nSPS) is 41.9. The fourth-order valence-electron chi connectivity index (χ4n) is 7.60. The van der Waals surface area contributed by atoms with Crippen LogP contribution in [0.1, 0.15) is 46.1 Å². The van der Waals surface area contributed by atoms with E-state index in [4.69, 9.17) is 4.74 Å². The van der Waals surface area contributed by atoms with Crippen molar-refractivity contribution in [3.05, 3.63) is 59.2 Å². The summed E-state index contributed by atoms with van der Waals surface area (Å²) in [6, 6.07) is 9.47. The van der Waals surface area contributed by atoms with E-state index in [0.717, 1.165) is 5.56 Å². The fourth-order valence-corrected chi connectivity index (χ4v) is 7.60. The zero-order valence-corrected chi connectivity index (χ0v) is 20.2. The summed E-state index contributed by atoms with van der Waals surface area (Å²) in [5, 5.41) is 33.9. The van der Waals surface area contributed by atoms with Crippen LogP contribution in [0.2, 0.25) is 0 Å². The highest BCUT2D eigenvalue weighted by atomic mass is 16.6. The molecule has 182 valence electrons. The molecule has 3 N–H and O–H groups in total. The third kappa shape index (κ3) is 2.91. The van der Waals surface area contributed by atoms with Crippen LogP contribution in [0.15, 0.2) is 53.6 Å². The molecule has 1 aromatic rings. The second-order valence-electron chi connectivity index (χ2n) is 11.5. The molecule has 0 spiro atoms. The van der Waals surface area contributed by atoms with Crippen LogP contribution in [0.5, 0.6) is 0 Å². The van der Waals surface area contributed by atoms with Crippen LogP contribution in [0, 0.1) is 29.1 Å². The Hall–Kier alpha value is -2.28. The Morgan fingerprint density at radius 2 is 1.82 bits per heavy atom. The quantitative estimate of drug-likeness (QED) is 0.466. The minimum absolute atomic E-state index is 0.0136. The van der Waals surface area contributed by atoms with Gasteiger partial charge in [0.25, 0.3) is 0 Å². The van der Waals surface area contributed by atoms with Gasteiger partial charge in [0.1, 0.15) is 11.2 Å². The summed E-state index contributed by atoms with van der Waals surface area (Å²) in [5.41, 5.74) is -2.50. The van der Waals surface area contributed by atoms with Crippen molar-refractivity contribution < 1.29 is 29.6 Å². The molecule has 1 aromatic carbocycles. The molecule has 0 amide bonds. The molecular weight excluding hydrogens is 432 g/mol. The van der Waals surface area contributed by atoms with Gasteiger partial charge in [-0.15, -0.1) is 0 Å². The number of ether oxygens (including phenoxy) is 1. The molecule has 0 heterocycles. The Labute approximate surface area is 200 Å². The Kier molecular flexibility index (Phi) is 5.08. The monoisotopic (exact) mass is 466 g/mol. The fraction of sp³-hybridized carbons (Fsp3) is 0.571. The predicted octanol–water partition coefficient (Wildman–Crippen LogP) is 2.75. The zero-order chi connectivity index (χ0) is 24.7. The molecule has 34 heavy (non-hydrogen) atoms. The number of carbonyl (C=O) groups excluding carboxylic acids is 2. The molecule has 7 atom stereocenters. The van der Waals surface area contributed by atoms with Gasteiger partial charge in [-0.05, 0) is 36.0 Å². The Morgan fingerprint density at radius 3 is 2.47 bits per heavy atom. The second kappa shape index (κ2) is 7.36. The highest BCUT2D eigenvalue weighted by Gasteiger charge is 2.83. The summed E-state index contributed by atoms with van der Waals surface area (Å²) in [5.74, 6) is -2.52. The maximum Gasteiger partial charge on any atom is 0.310 e. The average Bonchev–Trinajstić information content (AvgIpc) is 3.18. The number of ketones is 1. The number of fused-ring (bicyclic) bond motifs is 5. The van der Waals surface area contributed by atoms with Crippen LogP contribution in [0.3, 0.4) is 0 Å². The zero-order valence-electron chi connectivity index (χ0n) is 20.2. The number of hydrogen-bond donors (Lipinski definition) is 3. The van der Waals surface area contributed by atoms with Gasteiger partial charge in [0, 0.05) is 29.6 Å². The Balaban J connectivity index is 1.54. The maximum atomic E-state index is 13.0. The first-order valence-electron chi connectivity index (χ1n) is 12.2. The minimum Gasteiger partial charge on any atom is -0.458 e. The highest BCUT2D eigenvalue weighted by molar-refractivity contribution is 6.04. The van der Waals surface area contributed by atoms with Crippen molar-refractivity contribution in [3.8, 4) is 0 Å². The van der Waals surface area contributed by atoms with E-state index in [-0.39, 0.29) is 43.0 Å². The molecule has 6 heteroatoms. The van der Waals surface area contributed by atoms with Gasteiger partial charge in [-0.1, -0.05) is 63.3 Å². The maximum absolute atomic E-state index is 13.0. The number of benzene rings is 1. The SMILES string of the molecule is CC1=C[C@H]2[C@@]3(O)[C@@H](C)C[C@]4(OC(=O)Cc5ccccc5)[C@@H]([C@@H]3C=C(CO)C[C@]2(O)C1=O)C4(C)C. The van der Waals surface area contributed by atoms with Crippen LogP contribution >= 0.6 is 0 Å². The molecule has 0 saturated heterocycles. The lowest BCUT2D eigenvalue weighted by Gasteiger charge is -2.50. The highest BCUT2D eigenvalue weighted by Crippen LogP contribution is 2.76. The molecule has 0 aromatic heterocycles. The van der Waals surface area contributed by atoms with E-state index in [9.17, 15) is 24.9 Å². The molecule has 2 fully saturated rings. The van der Waals surface area contributed by atoms with Crippen molar-refractivity contribution in [2.75, 3.05) is 6.61 Å². The lowest BCUT2D eigenvalue weighted by molar-refractivity contribution is -0.186. The van der Waals surface area contributed by atoms with Gasteiger partial charge in [-0.25, -0.2) is 0 Å². The molecule has 0 bridgehead atoms. The van der Waals surface area contributed by atoms with E-state index < -0.39 is 34.1 Å². The van der Waals surface area contributed by atoms with Gasteiger partial charge in [0.15, 0.2) is 5.78 Å². The molecule has 5 rings (SSSR count). The third-order valence-electron chi connectivity index (χ3n) is 9.36. The number of hydrogen-bond acceptors (Lipinski definition) is 6. The summed E-state index contributed by atoms with van der Waals surface area (Å²) < 4.78 is 6.24. The van der Waals surface area contributed by atoms with Gasteiger partial charge < -0.3 is 20.1 Å². The summed E-state index contributed by atoms with van der Waals surface area (Å²) in [6.45, 7) is 7.37. The number of rotatable bonds is 4. The van der Waals surface area contributed by atoms with E-state index in [1.807, 2.05) is 43.3 Å². The van der Waals surface area contributed by atoms with E-state index in [0.29, 0.717) is 17.6 Å². The van der Waals surface area contributed by atoms with Gasteiger partial charge in [-0.3, -0.25) is 9.59 Å². The lowest BCUT2D eigenvalue weighted by atomic mass is 9.60. The standard InChI is InChI=1S/C28H34O6/c1-16-10-21-26(32,24(16)31)14-19(15-29)11-20-23-25(3,4)27(23,13-17(2)28(20,21)33)34-22(30)12-18-8-6-5-7-9-18/h5-11,17,20-21,23,29,32-33H,12-15H2,1-4H3/t17-,20-,21+,23-,26+,27-,28+/m0/s1. The molecular formula is C28H34O6. The first-order chi connectivity index (χ1) is 15.9. The summed E-state index contributed by atoms with van der Waals surface area (Å²) >= 11 is 0. The van der Waals surface area contributed by atoms with Crippen molar-refractivity contribution >= 4 is 11.8 Å². The van der Waals surface area contributed by atoms with Crippen molar-refractivity contribution in [2.24, 2.45) is 29.1 Å². The van der Waals surface area contributed by atoms with Crippen LogP contribution in [-0.4, -0.2) is 50.5 Å². The van der Waals surface area contributed by atoms with Crippen LogP contribution in [0.4, 0.5) is 0 Å². The summed E-state index contributed by atoms with van der Waals surface area (Å²) in [6.07, 6.45) is 4.16. The molecule has 4 aliphatic carbocycles. The number of aliphatic hydroxyl groups is 3. The van der Waals surface area contributed by atoms with Crippen molar-refractivity contribution in [2.45, 2.75) is 63.8 Å². The lowest BCUT2D eigenvalue weighted by Crippen LogP contribution is -2.61. The van der Waals surface area contributed by atoms with Crippen LogP contribution in [-0.2, 0) is 20.7 Å². The van der Waals surface area contributed by atoms with E-state index >= 15 is 0 Å². The Morgan fingerprint density at radius 1 is 1.15 bits per heavy atom. The van der Waals surface area contributed by atoms with Crippen molar-refractivity contribution in [1.82, 2.24) is 0 Å². The van der Waals surface area contributed by atoms with Gasteiger partial charge in [-0.2, -0.15) is 0 Å².